The summed E-state index contributed by atoms with van der Waals surface area (Å²) in [5.41, 5.74) is 6.43. The molecular formula is C13H17FN4. The molecule has 1 aromatic heterocycles. The molecule has 2 rings (SSSR count). The van der Waals surface area contributed by atoms with Crippen molar-refractivity contribution < 1.29 is 4.39 Å². The van der Waals surface area contributed by atoms with Gasteiger partial charge in [0.2, 0.25) is 0 Å². The molecule has 0 radical (unpaired) electrons. The molecular weight excluding hydrogens is 231 g/mol. The molecule has 96 valence electrons. The average molecular weight is 248 g/mol. The van der Waals surface area contributed by atoms with Gasteiger partial charge in [0, 0.05) is 30.4 Å². The van der Waals surface area contributed by atoms with Crippen LogP contribution in [-0.2, 0) is 0 Å². The first-order valence-electron chi connectivity index (χ1n) is 5.81. The van der Waals surface area contributed by atoms with Gasteiger partial charge in [0.05, 0.1) is 5.39 Å². The van der Waals surface area contributed by atoms with Crippen molar-refractivity contribution in [1.29, 1.82) is 0 Å². The highest BCUT2D eigenvalue weighted by Gasteiger charge is 2.09. The van der Waals surface area contributed by atoms with Gasteiger partial charge in [-0.25, -0.2) is 9.37 Å². The van der Waals surface area contributed by atoms with Gasteiger partial charge in [-0.05, 0) is 32.3 Å². The first kappa shape index (κ1) is 12.6. The molecule has 0 unspecified atom stereocenters. The number of nitrogens with zero attached hydrogens (tertiary/aromatic N) is 2. The molecule has 0 aliphatic rings. The largest absolute Gasteiger partial charge is 0.398 e. The van der Waals surface area contributed by atoms with E-state index in [-0.39, 0.29) is 5.82 Å². The minimum Gasteiger partial charge on any atom is -0.398 e. The van der Waals surface area contributed by atoms with E-state index in [9.17, 15) is 4.39 Å². The van der Waals surface area contributed by atoms with Crippen molar-refractivity contribution >= 4 is 22.3 Å². The molecule has 0 bridgehead atoms. The van der Waals surface area contributed by atoms with Crippen LogP contribution in [0.3, 0.4) is 0 Å². The molecule has 4 nitrogen and oxygen atoms in total. The smallest absolute Gasteiger partial charge is 0.136 e. The van der Waals surface area contributed by atoms with Gasteiger partial charge in [-0.15, -0.1) is 0 Å². The summed E-state index contributed by atoms with van der Waals surface area (Å²) in [6, 6.07) is 4.58. The Hall–Kier alpha value is -1.88. The number of fused-ring (bicyclic) bond motifs is 1. The molecule has 0 atom stereocenters. The van der Waals surface area contributed by atoms with Gasteiger partial charge < -0.3 is 16.0 Å². The minimum absolute atomic E-state index is 0.280. The van der Waals surface area contributed by atoms with E-state index in [1.165, 1.54) is 6.07 Å². The molecule has 0 spiro atoms. The van der Waals surface area contributed by atoms with Gasteiger partial charge in [0.15, 0.2) is 0 Å². The van der Waals surface area contributed by atoms with Crippen LogP contribution in [0.15, 0.2) is 24.4 Å². The lowest BCUT2D eigenvalue weighted by Crippen LogP contribution is -2.21. The van der Waals surface area contributed by atoms with Crippen LogP contribution in [0.2, 0.25) is 0 Å². The fraction of sp³-hybridized carbons (Fsp3) is 0.308. The Bertz CT molecular complexity index is 554. The van der Waals surface area contributed by atoms with Gasteiger partial charge in [-0.2, -0.15) is 0 Å². The summed E-state index contributed by atoms with van der Waals surface area (Å²) < 4.78 is 13.7. The number of rotatable bonds is 4. The number of likely N-dealkylation sites (N-methyl/N-ethyl adjacent to an activating group) is 1. The van der Waals surface area contributed by atoms with Crippen LogP contribution < -0.4 is 11.1 Å². The van der Waals surface area contributed by atoms with Crippen molar-refractivity contribution in [3.63, 3.8) is 0 Å². The van der Waals surface area contributed by atoms with Crippen molar-refractivity contribution in [1.82, 2.24) is 9.88 Å². The highest BCUT2D eigenvalue weighted by atomic mass is 19.1. The molecule has 0 aliphatic carbocycles. The minimum atomic E-state index is -0.280. The van der Waals surface area contributed by atoms with Crippen LogP contribution in [0.5, 0.6) is 0 Å². The van der Waals surface area contributed by atoms with E-state index in [1.54, 1.807) is 18.3 Å². The topological polar surface area (TPSA) is 54.2 Å². The third kappa shape index (κ3) is 2.51. The van der Waals surface area contributed by atoms with Crippen molar-refractivity contribution in [2.24, 2.45) is 0 Å². The molecule has 0 fully saturated rings. The maximum Gasteiger partial charge on any atom is 0.136 e. The van der Waals surface area contributed by atoms with E-state index in [4.69, 9.17) is 5.73 Å². The number of hydrogen-bond donors (Lipinski definition) is 2. The van der Waals surface area contributed by atoms with Crippen LogP contribution in [0.4, 0.5) is 15.9 Å². The number of nitrogens with one attached hydrogen (secondary N) is 1. The predicted molar refractivity (Wildman–Crippen MR) is 73.2 cm³/mol. The first-order chi connectivity index (χ1) is 8.59. The average Bonchev–Trinajstić information content (AvgIpc) is 2.33. The number of halogens is 1. The molecule has 0 amide bonds. The Morgan fingerprint density at radius 1 is 1.33 bits per heavy atom. The molecule has 0 saturated heterocycles. The number of anilines is 2. The Morgan fingerprint density at radius 3 is 2.83 bits per heavy atom. The zero-order chi connectivity index (χ0) is 13.1. The third-order valence-corrected chi connectivity index (χ3v) is 2.76. The van der Waals surface area contributed by atoms with Crippen LogP contribution in [-0.4, -0.2) is 37.1 Å². The molecule has 1 heterocycles. The number of nitrogen functional groups attached to an aromatic ring is 1. The van der Waals surface area contributed by atoms with Gasteiger partial charge in [-0.1, -0.05) is 0 Å². The summed E-state index contributed by atoms with van der Waals surface area (Å²) in [7, 11) is 3.98. The fourth-order valence-corrected chi connectivity index (χ4v) is 1.82. The number of aromatic nitrogens is 1. The molecule has 0 saturated carbocycles. The molecule has 5 heteroatoms. The summed E-state index contributed by atoms with van der Waals surface area (Å²) in [6.07, 6.45) is 1.59. The first-order valence-corrected chi connectivity index (χ1v) is 5.81. The summed E-state index contributed by atoms with van der Waals surface area (Å²) in [4.78, 5) is 6.29. The van der Waals surface area contributed by atoms with Crippen LogP contribution >= 0.6 is 0 Å². The van der Waals surface area contributed by atoms with Crippen molar-refractivity contribution in [3.05, 3.63) is 30.2 Å². The Kier molecular flexibility index (Phi) is 3.62. The maximum absolute atomic E-state index is 13.7. The fourth-order valence-electron chi connectivity index (χ4n) is 1.82. The normalized spacial score (nSPS) is 11.1. The number of pyridine rings is 1. The van der Waals surface area contributed by atoms with Crippen molar-refractivity contribution in [2.75, 3.05) is 38.2 Å². The van der Waals surface area contributed by atoms with Crippen LogP contribution in [0.25, 0.3) is 10.8 Å². The van der Waals surface area contributed by atoms with Crippen LogP contribution in [0, 0.1) is 5.82 Å². The lowest BCUT2D eigenvalue weighted by Gasteiger charge is -2.13. The number of nitrogens with two attached hydrogens (primary N) is 1. The quantitative estimate of drug-likeness (QED) is 0.812. The van der Waals surface area contributed by atoms with Gasteiger partial charge in [-0.3, -0.25) is 0 Å². The van der Waals surface area contributed by atoms with E-state index in [2.05, 4.69) is 15.2 Å². The van der Waals surface area contributed by atoms with E-state index >= 15 is 0 Å². The standard InChI is InChI=1S/C13H17FN4/c1-18(2)8-7-17-13-12-9(5-6-16-13)10(14)3-4-11(12)15/h3-6H,7-8,15H2,1-2H3,(H,16,17). The second-order valence-electron chi connectivity index (χ2n) is 4.45. The van der Waals surface area contributed by atoms with Gasteiger partial charge in [0.25, 0.3) is 0 Å². The van der Waals surface area contributed by atoms with E-state index in [0.717, 1.165) is 13.1 Å². The summed E-state index contributed by atoms with van der Waals surface area (Å²) >= 11 is 0. The third-order valence-electron chi connectivity index (χ3n) is 2.76. The Morgan fingerprint density at radius 2 is 2.11 bits per heavy atom. The zero-order valence-corrected chi connectivity index (χ0v) is 10.6. The van der Waals surface area contributed by atoms with Gasteiger partial charge in [0.1, 0.15) is 11.6 Å². The number of benzene rings is 1. The Labute approximate surface area is 106 Å². The van der Waals surface area contributed by atoms with Crippen molar-refractivity contribution in [2.45, 2.75) is 0 Å². The highest BCUT2D eigenvalue weighted by molar-refractivity contribution is 6.00. The lowest BCUT2D eigenvalue weighted by molar-refractivity contribution is 0.425. The summed E-state index contributed by atoms with van der Waals surface area (Å²) in [5.74, 6) is 0.351. The van der Waals surface area contributed by atoms with Crippen LogP contribution in [0.1, 0.15) is 0 Å². The number of hydrogen-bond acceptors (Lipinski definition) is 4. The van der Waals surface area contributed by atoms with E-state index < -0.39 is 0 Å². The predicted octanol–water partition coefficient (Wildman–Crippen LogP) is 1.93. The molecule has 0 aliphatic heterocycles. The molecule has 1 aromatic carbocycles. The maximum atomic E-state index is 13.7. The van der Waals surface area contributed by atoms with E-state index in [1.807, 2.05) is 14.1 Å². The highest BCUT2D eigenvalue weighted by Crippen LogP contribution is 2.28. The van der Waals surface area contributed by atoms with E-state index in [0.29, 0.717) is 22.3 Å². The molecule has 2 aromatic rings. The Balaban J connectivity index is 2.36. The monoisotopic (exact) mass is 248 g/mol. The SMILES string of the molecule is CN(C)CCNc1nccc2c(F)ccc(N)c12. The van der Waals surface area contributed by atoms with Gasteiger partial charge >= 0.3 is 0 Å². The molecule has 3 N–H and O–H groups in total. The summed E-state index contributed by atoms with van der Waals surface area (Å²) in [5, 5.41) is 4.33. The summed E-state index contributed by atoms with van der Waals surface area (Å²) in [6.45, 7) is 1.60. The second-order valence-corrected chi connectivity index (χ2v) is 4.45. The van der Waals surface area contributed by atoms with Crippen molar-refractivity contribution in [3.8, 4) is 0 Å². The second kappa shape index (κ2) is 5.18. The zero-order valence-electron chi connectivity index (χ0n) is 10.6. The lowest BCUT2D eigenvalue weighted by atomic mass is 10.1. The molecule has 18 heavy (non-hydrogen) atoms.